The van der Waals surface area contributed by atoms with Crippen LogP contribution in [-0.2, 0) is 4.74 Å². The van der Waals surface area contributed by atoms with Crippen molar-refractivity contribution in [2.45, 2.75) is 57.6 Å². The monoisotopic (exact) mass is 513 g/mol. The standard InChI is InChI=1S/C28H31N7O3/c1-28(2,3)38-27(37)35-12-11-19(15-35)25-30-24(33-34-25)17-7-10-22-21(14-17)23(32-31-22)16-5-4-6-18(13-16)26(36)29-20-8-9-20/h4-7,10,13-14,19-20H,8-9,11-12,15H2,1-3H3,(H,29,36)(H,31,32)(H,30,33,34). The molecule has 1 aliphatic carbocycles. The Balaban J connectivity index is 1.22. The first-order chi connectivity index (χ1) is 18.2. The molecule has 38 heavy (non-hydrogen) atoms. The molecule has 2 fully saturated rings. The van der Waals surface area contributed by atoms with Crippen LogP contribution in [0.25, 0.3) is 33.5 Å². The van der Waals surface area contributed by atoms with Gasteiger partial charge in [0.1, 0.15) is 11.4 Å². The second kappa shape index (κ2) is 9.27. The maximum atomic E-state index is 12.6. The first kappa shape index (κ1) is 24.1. The number of amides is 2. The molecule has 196 valence electrons. The van der Waals surface area contributed by atoms with E-state index in [2.05, 4.69) is 25.7 Å². The highest BCUT2D eigenvalue weighted by atomic mass is 16.6. The van der Waals surface area contributed by atoms with Crippen molar-refractivity contribution in [2.75, 3.05) is 13.1 Å². The smallest absolute Gasteiger partial charge is 0.410 e. The molecule has 1 saturated carbocycles. The maximum Gasteiger partial charge on any atom is 0.410 e. The molecule has 10 heteroatoms. The summed E-state index contributed by atoms with van der Waals surface area (Å²) in [5.74, 6) is 1.36. The van der Waals surface area contributed by atoms with Crippen molar-refractivity contribution in [1.29, 1.82) is 0 Å². The molecule has 3 N–H and O–H groups in total. The summed E-state index contributed by atoms with van der Waals surface area (Å²) in [5, 5.41) is 19.1. The highest BCUT2D eigenvalue weighted by Crippen LogP contribution is 2.32. The third kappa shape index (κ3) is 4.98. The number of nitrogens with zero attached hydrogens (tertiary/aromatic N) is 4. The van der Waals surface area contributed by atoms with E-state index in [4.69, 9.17) is 9.72 Å². The number of fused-ring (bicyclic) bond motifs is 1. The van der Waals surface area contributed by atoms with Crippen molar-refractivity contribution >= 4 is 22.9 Å². The largest absolute Gasteiger partial charge is 0.444 e. The molecule has 2 aliphatic rings. The Kier molecular flexibility index (Phi) is 5.89. The van der Waals surface area contributed by atoms with Gasteiger partial charge >= 0.3 is 6.09 Å². The first-order valence-corrected chi connectivity index (χ1v) is 13.0. The molecule has 2 aromatic carbocycles. The number of likely N-dealkylation sites (tertiary alicyclic amines) is 1. The molecule has 1 saturated heterocycles. The minimum absolute atomic E-state index is 0.0553. The fourth-order valence-corrected chi connectivity index (χ4v) is 4.74. The summed E-state index contributed by atoms with van der Waals surface area (Å²) in [6.45, 7) is 6.76. The molecule has 2 amide bonds. The van der Waals surface area contributed by atoms with Crippen LogP contribution < -0.4 is 5.32 Å². The first-order valence-electron chi connectivity index (χ1n) is 13.0. The fraction of sp³-hybridized carbons (Fsp3) is 0.393. The zero-order valence-corrected chi connectivity index (χ0v) is 21.7. The summed E-state index contributed by atoms with van der Waals surface area (Å²) in [6.07, 6.45) is 2.59. The molecule has 0 bridgehead atoms. The topological polar surface area (TPSA) is 129 Å². The number of hydrogen-bond acceptors (Lipinski definition) is 6. The Bertz CT molecular complexity index is 1510. The van der Waals surface area contributed by atoms with Crippen LogP contribution in [0.15, 0.2) is 42.5 Å². The molecule has 1 unspecified atom stereocenters. The summed E-state index contributed by atoms with van der Waals surface area (Å²) < 4.78 is 5.51. The summed E-state index contributed by atoms with van der Waals surface area (Å²) in [4.78, 5) is 31.5. The van der Waals surface area contributed by atoms with Crippen molar-refractivity contribution in [2.24, 2.45) is 0 Å². The van der Waals surface area contributed by atoms with Gasteiger partial charge in [-0.25, -0.2) is 9.78 Å². The number of carbonyl (C=O) groups excluding carboxylic acids is 2. The highest BCUT2D eigenvalue weighted by molar-refractivity contribution is 5.99. The normalized spacial score (nSPS) is 17.7. The van der Waals surface area contributed by atoms with Gasteiger partial charge in [0, 0.05) is 47.1 Å². The minimum atomic E-state index is -0.524. The molecule has 3 heterocycles. The Morgan fingerprint density at radius 1 is 1.03 bits per heavy atom. The lowest BCUT2D eigenvalue weighted by atomic mass is 10.0. The van der Waals surface area contributed by atoms with E-state index in [0.717, 1.165) is 52.8 Å². The van der Waals surface area contributed by atoms with Gasteiger partial charge in [-0.3, -0.25) is 15.0 Å². The lowest BCUT2D eigenvalue weighted by Crippen LogP contribution is -2.35. The second-order valence-corrected chi connectivity index (χ2v) is 11.1. The van der Waals surface area contributed by atoms with Gasteiger partial charge in [0.2, 0.25) is 0 Å². The van der Waals surface area contributed by atoms with Gasteiger partial charge in [-0.05, 0) is 70.4 Å². The van der Waals surface area contributed by atoms with Crippen molar-refractivity contribution in [1.82, 2.24) is 35.6 Å². The molecule has 4 aromatic rings. The van der Waals surface area contributed by atoms with E-state index in [1.807, 2.05) is 63.2 Å². The number of H-pyrrole nitrogens is 2. The Hall–Kier alpha value is -4.21. The molecule has 1 atom stereocenters. The quantitative estimate of drug-likeness (QED) is 0.357. The molecule has 0 radical (unpaired) electrons. The van der Waals surface area contributed by atoms with Gasteiger partial charge in [0.15, 0.2) is 5.82 Å². The van der Waals surface area contributed by atoms with Gasteiger partial charge in [-0.15, -0.1) is 0 Å². The number of aromatic nitrogens is 5. The van der Waals surface area contributed by atoms with Gasteiger partial charge < -0.3 is 15.0 Å². The lowest BCUT2D eigenvalue weighted by Gasteiger charge is -2.24. The molecule has 10 nitrogen and oxygen atoms in total. The molecule has 2 aromatic heterocycles. The fourth-order valence-electron chi connectivity index (χ4n) is 4.74. The van der Waals surface area contributed by atoms with Crippen molar-refractivity contribution < 1.29 is 14.3 Å². The third-order valence-corrected chi connectivity index (χ3v) is 6.86. The molecular formula is C28H31N7O3. The van der Waals surface area contributed by atoms with Crippen molar-refractivity contribution in [3.8, 4) is 22.6 Å². The zero-order chi connectivity index (χ0) is 26.4. The summed E-state index contributed by atoms with van der Waals surface area (Å²) >= 11 is 0. The predicted molar refractivity (Wildman–Crippen MR) is 143 cm³/mol. The Labute approximate surface area is 220 Å². The lowest BCUT2D eigenvalue weighted by molar-refractivity contribution is 0.0292. The van der Waals surface area contributed by atoms with Crippen LogP contribution in [-0.4, -0.2) is 67.0 Å². The van der Waals surface area contributed by atoms with Crippen molar-refractivity contribution in [3.05, 3.63) is 53.9 Å². The van der Waals surface area contributed by atoms with Crippen LogP contribution in [0.3, 0.4) is 0 Å². The number of ether oxygens (including phenoxy) is 1. The van der Waals surface area contributed by atoms with Crippen LogP contribution in [0.5, 0.6) is 0 Å². The van der Waals surface area contributed by atoms with E-state index in [1.165, 1.54) is 0 Å². The molecule has 0 spiro atoms. The van der Waals surface area contributed by atoms with E-state index in [-0.39, 0.29) is 17.9 Å². The average molecular weight is 514 g/mol. The Morgan fingerprint density at radius 2 is 1.87 bits per heavy atom. The number of benzene rings is 2. The van der Waals surface area contributed by atoms with Gasteiger partial charge in [-0.2, -0.15) is 10.2 Å². The second-order valence-electron chi connectivity index (χ2n) is 11.1. The minimum Gasteiger partial charge on any atom is -0.444 e. The number of carbonyl (C=O) groups is 2. The third-order valence-electron chi connectivity index (χ3n) is 6.86. The SMILES string of the molecule is CC(C)(C)OC(=O)N1CCC(c2nc(-c3ccc4[nH]nc(-c5cccc(C(=O)NC6CC6)c5)c4c3)n[nH]2)C1. The van der Waals surface area contributed by atoms with Crippen LogP contribution in [0.2, 0.25) is 0 Å². The molecule has 6 rings (SSSR count). The van der Waals surface area contributed by atoms with Crippen LogP contribution in [0, 0.1) is 0 Å². The maximum absolute atomic E-state index is 12.6. The summed E-state index contributed by atoms with van der Waals surface area (Å²) in [7, 11) is 0. The Morgan fingerprint density at radius 3 is 2.66 bits per heavy atom. The molecular weight excluding hydrogens is 482 g/mol. The summed E-state index contributed by atoms with van der Waals surface area (Å²) in [6, 6.07) is 13.8. The average Bonchev–Trinajstić information content (AvgIpc) is 3.29. The van der Waals surface area contributed by atoms with Crippen molar-refractivity contribution in [3.63, 3.8) is 0 Å². The number of hydrogen-bond donors (Lipinski definition) is 3. The molecule has 1 aliphatic heterocycles. The van der Waals surface area contributed by atoms with E-state index >= 15 is 0 Å². The van der Waals surface area contributed by atoms with E-state index in [1.54, 1.807) is 4.90 Å². The predicted octanol–water partition coefficient (Wildman–Crippen LogP) is 4.63. The van der Waals surface area contributed by atoms with Gasteiger partial charge in [-0.1, -0.05) is 12.1 Å². The number of nitrogens with one attached hydrogen (secondary N) is 3. The van der Waals surface area contributed by atoms with Crippen LogP contribution >= 0.6 is 0 Å². The highest BCUT2D eigenvalue weighted by Gasteiger charge is 2.32. The van der Waals surface area contributed by atoms with Gasteiger partial charge in [0.05, 0.1) is 11.2 Å². The van der Waals surface area contributed by atoms with Crippen LogP contribution in [0.4, 0.5) is 4.79 Å². The van der Waals surface area contributed by atoms with E-state index in [9.17, 15) is 9.59 Å². The van der Waals surface area contributed by atoms with E-state index in [0.29, 0.717) is 30.5 Å². The van der Waals surface area contributed by atoms with Gasteiger partial charge in [0.25, 0.3) is 5.91 Å². The number of rotatable bonds is 5. The van der Waals surface area contributed by atoms with Crippen LogP contribution in [0.1, 0.15) is 62.1 Å². The number of aromatic amines is 2. The zero-order valence-electron chi connectivity index (χ0n) is 21.7. The summed E-state index contributed by atoms with van der Waals surface area (Å²) in [5.41, 5.74) is 3.47. The van der Waals surface area contributed by atoms with E-state index < -0.39 is 5.60 Å².